The number of pyridine rings is 2. The van der Waals surface area contributed by atoms with E-state index in [1.165, 1.54) is 0 Å². The largest absolute Gasteiger partial charge is 0.458 e. The average Bonchev–Trinajstić information content (AvgIpc) is 3.39. The maximum atomic E-state index is 13.4. The van der Waals surface area contributed by atoms with E-state index in [1.807, 2.05) is 73.9 Å². The molecule has 5 aromatic rings. The Labute approximate surface area is 238 Å². The van der Waals surface area contributed by atoms with Crippen molar-refractivity contribution in [2.24, 2.45) is 11.3 Å². The van der Waals surface area contributed by atoms with Gasteiger partial charge in [-0.1, -0.05) is 60.7 Å². The number of aromatic nitrogens is 3. The van der Waals surface area contributed by atoms with Gasteiger partial charge in [0, 0.05) is 35.9 Å². The standard InChI is InChI=1S/C34H32N4O3/c1-22(23-8-3-2-4-9-23)41-33(40)27-16-34(17-27)18-29(19-34)37-32(39)30-21-36-38-13-7-12-25(31(30)38)15-28-14-24-10-5-6-11-26(24)20-35-28/h2-14,20-22,27,29H,15-19H2,1H3,(H,37,39)/t22-,27?,29?,34?/m0/s1. The third kappa shape index (κ3) is 4.86. The SMILES string of the molecule is C[C@H](OC(=O)C1CC2(CC(NC(=O)c3cnn4cccc(Cc5cc6ccccc6cn5)c34)C2)C1)c1ccccc1. The van der Waals surface area contributed by atoms with Crippen molar-refractivity contribution in [1.82, 2.24) is 19.9 Å². The molecule has 0 saturated heterocycles. The summed E-state index contributed by atoms with van der Waals surface area (Å²) in [6, 6.07) is 24.2. The van der Waals surface area contributed by atoms with Crippen LogP contribution in [0.2, 0.25) is 0 Å². The number of nitrogens with zero attached hydrogens (tertiary/aromatic N) is 3. The van der Waals surface area contributed by atoms with Gasteiger partial charge in [-0.15, -0.1) is 0 Å². The van der Waals surface area contributed by atoms with Crippen LogP contribution in [0.25, 0.3) is 16.3 Å². The first kappa shape index (κ1) is 25.4. The van der Waals surface area contributed by atoms with E-state index >= 15 is 0 Å². The lowest BCUT2D eigenvalue weighted by atomic mass is 9.50. The Morgan fingerprint density at radius 2 is 1.73 bits per heavy atom. The Balaban J connectivity index is 0.973. The highest BCUT2D eigenvalue weighted by atomic mass is 16.5. The number of esters is 1. The van der Waals surface area contributed by atoms with Crippen LogP contribution in [0.15, 0.2) is 91.4 Å². The average molecular weight is 545 g/mol. The highest BCUT2D eigenvalue weighted by molar-refractivity contribution is 6.01. The second-order valence-electron chi connectivity index (χ2n) is 11.8. The van der Waals surface area contributed by atoms with Crippen molar-refractivity contribution in [3.8, 4) is 0 Å². The summed E-state index contributed by atoms with van der Waals surface area (Å²) in [4.78, 5) is 30.7. The number of hydrogen-bond donors (Lipinski definition) is 1. The number of ether oxygens (including phenoxy) is 1. The highest BCUT2D eigenvalue weighted by Gasteiger charge is 2.55. The topological polar surface area (TPSA) is 85.6 Å². The van der Waals surface area contributed by atoms with Gasteiger partial charge in [0.25, 0.3) is 5.91 Å². The van der Waals surface area contributed by atoms with E-state index in [1.54, 1.807) is 10.7 Å². The predicted molar refractivity (Wildman–Crippen MR) is 156 cm³/mol. The van der Waals surface area contributed by atoms with E-state index in [-0.39, 0.29) is 35.4 Å². The van der Waals surface area contributed by atoms with Gasteiger partial charge in [0.05, 0.1) is 23.2 Å². The van der Waals surface area contributed by atoms with Gasteiger partial charge in [0.1, 0.15) is 6.10 Å². The molecule has 0 bridgehead atoms. The van der Waals surface area contributed by atoms with Crippen LogP contribution >= 0.6 is 0 Å². The van der Waals surface area contributed by atoms with Crippen molar-refractivity contribution in [3.63, 3.8) is 0 Å². The van der Waals surface area contributed by atoms with Gasteiger partial charge in [0.2, 0.25) is 0 Å². The second kappa shape index (κ2) is 10.1. The van der Waals surface area contributed by atoms with E-state index in [0.29, 0.717) is 12.0 Å². The van der Waals surface area contributed by atoms with Gasteiger partial charge in [-0.25, -0.2) is 4.52 Å². The molecule has 3 heterocycles. The third-order valence-corrected chi connectivity index (χ3v) is 8.88. The van der Waals surface area contributed by atoms with Gasteiger partial charge >= 0.3 is 5.97 Å². The van der Waals surface area contributed by atoms with E-state index < -0.39 is 0 Å². The molecule has 1 atom stereocenters. The monoisotopic (exact) mass is 544 g/mol. The Morgan fingerprint density at radius 1 is 0.976 bits per heavy atom. The Hall–Kier alpha value is -4.52. The zero-order valence-corrected chi connectivity index (χ0v) is 23.0. The van der Waals surface area contributed by atoms with Crippen molar-refractivity contribution >= 4 is 28.2 Å². The minimum absolute atomic E-state index is 0.0521. The van der Waals surface area contributed by atoms with E-state index in [0.717, 1.165) is 58.8 Å². The van der Waals surface area contributed by atoms with E-state index in [9.17, 15) is 9.59 Å². The maximum Gasteiger partial charge on any atom is 0.309 e. The van der Waals surface area contributed by atoms with Crippen molar-refractivity contribution < 1.29 is 14.3 Å². The number of rotatable bonds is 7. The van der Waals surface area contributed by atoms with Crippen LogP contribution in [0.3, 0.4) is 0 Å². The van der Waals surface area contributed by atoms with E-state index in [4.69, 9.17) is 4.74 Å². The maximum absolute atomic E-state index is 13.4. The van der Waals surface area contributed by atoms with E-state index in [2.05, 4.69) is 33.6 Å². The first-order valence-electron chi connectivity index (χ1n) is 14.3. The van der Waals surface area contributed by atoms with Crippen LogP contribution in [0.4, 0.5) is 0 Å². The Bertz CT molecular complexity index is 1750. The molecule has 2 aromatic carbocycles. The molecule has 2 aliphatic rings. The zero-order valence-electron chi connectivity index (χ0n) is 23.0. The molecule has 0 unspecified atom stereocenters. The number of hydrogen-bond acceptors (Lipinski definition) is 5. The summed E-state index contributed by atoms with van der Waals surface area (Å²) < 4.78 is 7.51. The number of amides is 1. The van der Waals surface area contributed by atoms with Crippen LogP contribution in [0, 0.1) is 11.3 Å². The molecule has 1 amide bonds. The summed E-state index contributed by atoms with van der Waals surface area (Å²) in [6.45, 7) is 1.92. The van der Waals surface area contributed by atoms with Gasteiger partial charge < -0.3 is 10.1 Å². The van der Waals surface area contributed by atoms with Crippen molar-refractivity contribution in [3.05, 3.63) is 114 Å². The van der Waals surface area contributed by atoms with Gasteiger partial charge in [-0.2, -0.15) is 5.10 Å². The number of carbonyl (C=O) groups excluding carboxylic acids is 2. The smallest absolute Gasteiger partial charge is 0.309 e. The molecule has 1 N–H and O–H groups in total. The zero-order chi connectivity index (χ0) is 28.0. The molecule has 7 rings (SSSR count). The number of nitrogens with one attached hydrogen (secondary N) is 1. The molecule has 7 heteroatoms. The molecule has 0 radical (unpaired) electrons. The van der Waals surface area contributed by atoms with Crippen molar-refractivity contribution in [2.75, 3.05) is 0 Å². The first-order valence-corrected chi connectivity index (χ1v) is 14.3. The number of fused-ring (bicyclic) bond motifs is 2. The summed E-state index contributed by atoms with van der Waals surface area (Å²) in [5, 5.41) is 9.93. The normalized spacial score (nSPS) is 22.2. The fourth-order valence-corrected chi connectivity index (χ4v) is 6.74. The Kier molecular flexibility index (Phi) is 6.30. The van der Waals surface area contributed by atoms with Crippen LogP contribution in [0.5, 0.6) is 0 Å². The second-order valence-corrected chi connectivity index (χ2v) is 11.8. The van der Waals surface area contributed by atoms with Crippen LogP contribution in [-0.4, -0.2) is 32.5 Å². The highest BCUT2D eigenvalue weighted by Crippen LogP contribution is 2.59. The lowest BCUT2D eigenvalue weighted by molar-refractivity contribution is -0.167. The molecule has 2 saturated carbocycles. The molecule has 2 aliphatic carbocycles. The van der Waals surface area contributed by atoms with Crippen LogP contribution in [-0.2, 0) is 16.0 Å². The fraction of sp³-hybridized carbons (Fsp3) is 0.294. The molecule has 7 nitrogen and oxygen atoms in total. The molecule has 1 spiro atoms. The number of carbonyl (C=O) groups is 2. The Morgan fingerprint density at radius 3 is 2.54 bits per heavy atom. The summed E-state index contributed by atoms with van der Waals surface area (Å²) in [5.41, 5.74) is 4.49. The lowest BCUT2D eigenvalue weighted by Crippen LogP contribution is -2.57. The first-order chi connectivity index (χ1) is 20.0. The molecular formula is C34H32N4O3. The minimum atomic E-state index is -0.249. The minimum Gasteiger partial charge on any atom is -0.458 e. The lowest BCUT2D eigenvalue weighted by Gasteiger charge is -2.57. The van der Waals surface area contributed by atoms with Crippen LogP contribution < -0.4 is 5.32 Å². The summed E-state index contributed by atoms with van der Waals surface area (Å²) in [5.74, 6) is -0.270. The fourth-order valence-electron chi connectivity index (χ4n) is 6.74. The quantitative estimate of drug-likeness (QED) is 0.252. The summed E-state index contributed by atoms with van der Waals surface area (Å²) in [7, 11) is 0. The predicted octanol–water partition coefficient (Wildman–Crippen LogP) is 6.07. The van der Waals surface area contributed by atoms with Crippen molar-refractivity contribution in [1.29, 1.82) is 0 Å². The van der Waals surface area contributed by atoms with Gasteiger partial charge in [-0.3, -0.25) is 14.6 Å². The molecule has 41 heavy (non-hydrogen) atoms. The molecule has 0 aliphatic heterocycles. The number of benzene rings is 2. The molecule has 206 valence electrons. The van der Waals surface area contributed by atoms with Gasteiger partial charge in [-0.05, 0) is 66.7 Å². The van der Waals surface area contributed by atoms with Crippen molar-refractivity contribution in [2.45, 2.75) is 51.2 Å². The summed E-state index contributed by atoms with van der Waals surface area (Å²) in [6.07, 6.45) is 9.23. The summed E-state index contributed by atoms with van der Waals surface area (Å²) >= 11 is 0. The molecular weight excluding hydrogens is 512 g/mol. The molecule has 2 fully saturated rings. The molecule has 3 aromatic heterocycles. The van der Waals surface area contributed by atoms with Gasteiger partial charge in [0.15, 0.2) is 0 Å². The third-order valence-electron chi connectivity index (χ3n) is 8.88. The van der Waals surface area contributed by atoms with Crippen LogP contribution in [0.1, 0.15) is 65.9 Å².